The maximum atomic E-state index is 10.3. The van der Waals surface area contributed by atoms with Crippen LogP contribution in [0.25, 0.3) is 0 Å². The molecular weight excluding hydrogens is 140 g/mol. The highest BCUT2D eigenvalue weighted by molar-refractivity contribution is 5.73. The van der Waals surface area contributed by atoms with Gasteiger partial charge in [0.15, 0.2) is 0 Å². The second-order valence-corrected chi connectivity index (χ2v) is 2.68. The molecule has 1 amide bonds. The molecule has 11 heavy (non-hydrogen) atoms. The number of hydrogen-bond acceptors (Lipinski definition) is 2. The maximum absolute atomic E-state index is 10.3. The topological polar surface area (TPSA) is 55.1 Å². The molecule has 0 radical (unpaired) electrons. The van der Waals surface area contributed by atoms with Crippen molar-refractivity contribution >= 4 is 5.91 Å². The second kappa shape index (κ2) is 6.16. The zero-order valence-corrected chi connectivity index (χ0v) is 7.39. The molecule has 0 spiro atoms. The fourth-order valence-corrected chi connectivity index (χ4v) is 0.977. The molecule has 66 valence electrons. The second-order valence-electron chi connectivity index (χ2n) is 2.68. The lowest BCUT2D eigenvalue weighted by Crippen LogP contribution is -2.30. The van der Waals surface area contributed by atoms with Gasteiger partial charge in [0.05, 0.1) is 0 Å². The van der Waals surface area contributed by atoms with Crippen molar-refractivity contribution in [2.75, 3.05) is 6.54 Å². The van der Waals surface area contributed by atoms with Gasteiger partial charge in [0.1, 0.15) is 0 Å². The number of hydrogen-bond donors (Lipinski definition) is 2. The molecule has 0 fully saturated rings. The van der Waals surface area contributed by atoms with Crippen LogP contribution in [0.2, 0.25) is 0 Å². The van der Waals surface area contributed by atoms with E-state index in [-0.39, 0.29) is 5.91 Å². The summed E-state index contributed by atoms with van der Waals surface area (Å²) in [5, 5.41) is 3.25. The molecule has 0 heterocycles. The van der Waals surface area contributed by atoms with Gasteiger partial charge in [0.2, 0.25) is 5.91 Å². The monoisotopic (exact) mass is 158 g/mol. The standard InChI is InChI=1S/C8H18N2O/c1-3-7(4-2)10-6-5-8(9)11/h7,10H,3-6H2,1-2H3,(H2,9,11). The van der Waals surface area contributed by atoms with Crippen LogP contribution in [0.15, 0.2) is 0 Å². The predicted octanol–water partition coefficient (Wildman–Crippen LogP) is 0.640. The normalized spacial score (nSPS) is 10.5. The third-order valence-electron chi connectivity index (χ3n) is 1.79. The SMILES string of the molecule is CCC(CC)NCCC(N)=O. The summed E-state index contributed by atoms with van der Waals surface area (Å²) in [5.41, 5.74) is 4.98. The van der Waals surface area contributed by atoms with Crippen LogP contribution in [-0.2, 0) is 4.79 Å². The van der Waals surface area contributed by atoms with Crippen LogP contribution in [0.1, 0.15) is 33.1 Å². The summed E-state index contributed by atoms with van der Waals surface area (Å²) in [4.78, 5) is 10.3. The minimum Gasteiger partial charge on any atom is -0.370 e. The first-order chi connectivity index (χ1) is 5.20. The highest BCUT2D eigenvalue weighted by atomic mass is 16.1. The number of nitrogens with two attached hydrogens (primary N) is 1. The molecule has 3 nitrogen and oxygen atoms in total. The third kappa shape index (κ3) is 5.85. The Morgan fingerprint density at radius 3 is 2.36 bits per heavy atom. The van der Waals surface area contributed by atoms with Gasteiger partial charge in [-0.05, 0) is 12.8 Å². The molecule has 0 aliphatic carbocycles. The summed E-state index contributed by atoms with van der Waals surface area (Å²) in [5.74, 6) is -0.233. The Balaban J connectivity index is 3.28. The van der Waals surface area contributed by atoms with Crippen LogP contribution in [0.3, 0.4) is 0 Å². The van der Waals surface area contributed by atoms with E-state index in [1.165, 1.54) is 0 Å². The average Bonchev–Trinajstić information content (AvgIpc) is 1.98. The summed E-state index contributed by atoms with van der Waals surface area (Å²) in [6.45, 7) is 4.97. The maximum Gasteiger partial charge on any atom is 0.218 e. The van der Waals surface area contributed by atoms with E-state index in [1.54, 1.807) is 0 Å². The lowest BCUT2D eigenvalue weighted by atomic mass is 10.2. The molecule has 0 aromatic heterocycles. The van der Waals surface area contributed by atoms with Crippen LogP contribution in [-0.4, -0.2) is 18.5 Å². The molecular formula is C8H18N2O. The van der Waals surface area contributed by atoms with E-state index < -0.39 is 0 Å². The molecule has 0 bridgehead atoms. The van der Waals surface area contributed by atoms with Crippen molar-refractivity contribution in [3.8, 4) is 0 Å². The molecule has 0 saturated carbocycles. The summed E-state index contributed by atoms with van der Waals surface area (Å²) >= 11 is 0. The number of rotatable bonds is 6. The Labute approximate surface area is 68.3 Å². The van der Waals surface area contributed by atoms with Gasteiger partial charge in [0, 0.05) is 19.0 Å². The number of carbonyl (C=O) groups excluding carboxylic acids is 1. The van der Waals surface area contributed by atoms with Crippen molar-refractivity contribution in [3.05, 3.63) is 0 Å². The van der Waals surface area contributed by atoms with E-state index in [9.17, 15) is 4.79 Å². The zero-order chi connectivity index (χ0) is 8.69. The molecule has 0 aromatic carbocycles. The van der Waals surface area contributed by atoms with Crippen molar-refractivity contribution < 1.29 is 4.79 Å². The van der Waals surface area contributed by atoms with Gasteiger partial charge >= 0.3 is 0 Å². The first-order valence-electron chi connectivity index (χ1n) is 4.22. The molecule has 0 aliphatic heterocycles. The number of amides is 1. The minimum absolute atomic E-state index is 0.233. The fourth-order valence-electron chi connectivity index (χ4n) is 0.977. The van der Waals surface area contributed by atoms with Crippen LogP contribution >= 0.6 is 0 Å². The van der Waals surface area contributed by atoms with Crippen molar-refractivity contribution in [2.24, 2.45) is 5.73 Å². The molecule has 0 atom stereocenters. The fraction of sp³-hybridized carbons (Fsp3) is 0.875. The van der Waals surface area contributed by atoms with Crippen LogP contribution in [0.4, 0.5) is 0 Å². The van der Waals surface area contributed by atoms with Gasteiger partial charge < -0.3 is 11.1 Å². The molecule has 0 unspecified atom stereocenters. The Bertz CT molecular complexity index is 111. The molecule has 0 saturated heterocycles. The predicted molar refractivity (Wildman–Crippen MR) is 46.2 cm³/mol. The Hall–Kier alpha value is -0.570. The first kappa shape index (κ1) is 10.4. The van der Waals surface area contributed by atoms with E-state index in [0.717, 1.165) is 12.8 Å². The van der Waals surface area contributed by atoms with Gasteiger partial charge in [-0.3, -0.25) is 4.79 Å². The number of carbonyl (C=O) groups is 1. The van der Waals surface area contributed by atoms with E-state index >= 15 is 0 Å². The summed E-state index contributed by atoms with van der Waals surface area (Å²) < 4.78 is 0. The van der Waals surface area contributed by atoms with Gasteiger partial charge in [-0.2, -0.15) is 0 Å². The summed E-state index contributed by atoms with van der Waals surface area (Å²) in [6, 6.07) is 0.536. The van der Waals surface area contributed by atoms with E-state index in [0.29, 0.717) is 19.0 Å². The van der Waals surface area contributed by atoms with Crippen molar-refractivity contribution in [1.29, 1.82) is 0 Å². The van der Waals surface area contributed by atoms with E-state index in [4.69, 9.17) is 5.73 Å². The lowest BCUT2D eigenvalue weighted by molar-refractivity contribution is -0.117. The van der Waals surface area contributed by atoms with Gasteiger partial charge in [0.25, 0.3) is 0 Å². The van der Waals surface area contributed by atoms with Crippen LogP contribution < -0.4 is 11.1 Å². The van der Waals surface area contributed by atoms with E-state index in [1.807, 2.05) is 0 Å². The van der Waals surface area contributed by atoms with Crippen molar-refractivity contribution in [1.82, 2.24) is 5.32 Å². The highest BCUT2D eigenvalue weighted by Gasteiger charge is 2.01. The molecule has 3 N–H and O–H groups in total. The lowest BCUT2D eigenvalue weighted by Gasteiger charge is -2.13. The average molecular weight is 158 g/mol. The molecule has 0 aliphatic rings. The van der Waals surface area contributed by atoms with Crippen LogP contribution in [0, 0.1) is 0 Å². The minimum atomic E-state index is -0.233. The van der Waals surface area contributed by atoms with E-state index in [2.05, 4.69) is 19.2 Å². The smallest absolute Gasteiger partial charge is 0.218 e. The van der Waals surface area contributed by atoms with Gasteiger partial charge in [-0.1, -0.05) is 13.8 Å². The number of nitrogens with one attached hydrogen (secondary N) is 1. The Morgan fingerprint density at radius 1 is 1.45 bits per heavy atom. The van der Waals surface area contributed by atoms with Crippen LogP contribution in [0.5, 0.6) is 0 Å². The number of primary amides is 1. The summed E-state index contributed by atoms with van der Waals surface area (Å²) in [7, 11) is 0. The highest BCUT2D eigenvalue weighted by Crippen LogP contribution is 1.95. The van der Waals surface area contributed by atoms with Crippen molar-refractivity contribution in [2.45, 2.75) is 39.2 Å². The van der Waals surface area contributed by atoms with Gasteiger partial charge in [-0.25, -0.2) is 0 Å². The Kier molecular flexibility index (Phi) is 5.84. The molecule has 3 heteroatoms. The zero-order valence-electron chi connectivity index (χ0n) is 7.39. The third-order valence-corrected chi connectivity index (χ3v) is 1.79. The molecule has 0 aromatic rings. The van der Waals surface area contributed by atoms with Gasteiger partial charge in [-0.15, -0.1) is 0 Å². The van der Waals surface area contributed by atoms with Crippen molar-refractivity contribution in [3.63, 3.8) is 0 Å². The quantitative estimate of drug-likeness (QED) is 0.596. The summed E-state index contributed by atoms with van der Waals surface area (Å²) in [6.07, 6.45) is 2.65. The largest absolute Gasteiger partial charge is 0.370 e. The first-order valence-corrected chi connectivity index (χ1v) is 4.22. The molecule has 0 rings (SSSR count). The Morgan fingerprint density at radius 2 is 2.00 bits per heavy atom.